The molecule has 0 aromatic heterocycles. The van der Waals surface area contributed by atoms with Crippen molar-refractivity contribution in [2.24, 2.45) is 0 Å². The van der Waals surface area contributed by atoms with Crippen LogP contribution in [0.5, 0.6) is 17.2 Å². The van der Waals surface area contributed by atoms with E-state index in [1.54, 1.807) is 30.3 Å². The monoisotopic (exact) mass is 533 g/mol. The summed E-state index contributed by atoms with van der Waals surface area (Å²) in [5.74, 6) is -1.68. The molecular formula is C23H19NO10S2. The summed E-state index contributed by atoms with van der Waals surface area (Å²) in [5.41, 5.74) is 0.974. The summed E-state index contributed by atoms with van der Waals surface area (Å²) >= 11 is 0. The molecule has 0 saturated carbocycles. The Morgan fingerprint density at radius 1 is 0.639 bits per heavy atom. The van der Waals surface area contributed by atoms with Crippen LogP contribution in [0.25, 0.3) is 10.8 Å². The van der Waals surface area contributed by atoms with E-state index in [2.05, 4.69) is 5.32 Å². The second kappa shape index (κ2) is 10.2. The fraction of sp³-hybridized carbons (Fsp3) is 0. The molecule has 1 amide bonds. The van der Waals surface area contributed by atoms with E-state index >= 15 is 0 Å². The Balaban J connectivity index is 0.000000205. The van der Waals surface area contributed by atoms with Gasteiger partial charge in [-0.25, -0.2) is 0 Å². The van der Waals surface area contributed by atoms with Crippen molar-refractivity contribution in [3.63, 3.8) is 0 Å². The lowest BCUT2D eigenvalue weighted by Crippen LogP contribution is -2.11. The van der Waals surface area contributed by atoms with Crippen LogP contribution in [0.4, 0.5) is 5.69 Å². The third-order valence-electron chi connectivity index (χ3n) is 4.73. The number of phenolic OH excluding ortho intramolecular Hbond substituents is 3. The van der Waals surface area contributed by atoms with Crippen molar-refractivity contribution in [1.82, 2.24) is 0 Å². The molecule has 0 fully saturated rings. The molecule has 0 atom stereocenters. The zero-order valence-corrected chi connectivity index (χ0v) is 19.7. The van der Waals surface area contributed by atoms with Gasteiger partial charge in [-0.2, -0.15) is 16.8 Å². The van der Waals surface area contributed by atoms with E-state index in [-0.39, 0.29) is 28.0 Å². The van der Waals surface area contributed by atoms with Gasteiger partial charge in [0.05, 0.1) is 20.7 Å². The first-order valence-electron chi connectivity index (χ1n) is 9.86. The van der Waals surface area contributed by atoms with Crippen LogP contribution >= 0.6 is 0 Å². The molecule has 6 N–H and O–H groups in total. The van der Waals surface area contributed by atoms with Crippen molar-refractivity contribution >= 4 is 42.6 Å². The van der Waals surface area contributed by atoms with E-state index in [0.29, 0.717) is 17.8 Å². The topological polar surface area (TPSA) is 199 Å². The molecule has 0 aliphatic heterocycles. The molecule has 0 saturated heterocycles. The second-order valence-electron chi connectivity index (χ2n) is 7.27. The van der Waals surface area contributed by atoms with Crippen molar-refractivity contribution in [2.45, 2.75) is 9.79 Å². The third-order valence-corrected chi connectivity index (χ3v) is 6.39. The Morgan fingerprint density at radius 2 is 1.11 bits per heavy atom. The van der Waals surface area contributed by atoms with E-state index in [9.17, 15) is 36.9 Å². The minimum Gasteiger partial charge on any atom is -0.507 e. The van der Waals surface area contributed by atoms with Crippen LogP contribution in [-0.2, 0) is 20.2 Å². The van der Waals surface area contributed by atoms with Gasteiger partial charge in [-0.3, -0.25) is 13.9 Å². The molecule has 4 aromatic rings. The summed E-state index contributed by atoms with van der Waals surface area (Å²) in [7, 11) is -9.26. The maximum atomic E-state index is 11.8. The summed E-state index contributed by atoms with van der Waals surface area (Å²) in [6, 6.07) is 18.7. The number of fused-ring (bicyclic) bond motifs is 1. The van der Waals surface area contributed by atoms with Gasteiger partial charge >= 0.3 is 0 Å². The SMILES string of the molecule is O=C(Nc1ccccc1)c1ccccc1O.O=S(=O)(O)c1cc(O)c2c(O)cc(S(=O)(=O)O)cc2c1. The molecule has 0 aliphatic rings. The van der Waals surface area contributed by atoms with Crippen LogP contribution in [0.15, 0.2) is 88.7 Å². The Hall–Kier alpha value is -4.17. The molecular weight excluding hydrogens is 514 g/mol. The first kappa shape index (κ1) is 26.4. The predicted octanol–water partition coefficient (Wildman–Crippen LogP) is 3.39. The number of hydrogen-bond acceptors (Lipinski definition) is 8. The normalized spacial score (nSPS) is 11.4. The Labute approximate surface area is 205 Å². The molecule has 36 heavy (non-hydrogen) atoms. The van der Waals surface area contributed by atoms with Crippen LogP contribution in [0.1, 0.15) is 10.4 Å². The Morgan fingerprint density at radius 3 is 1.58 bits per heavy atom. The summed E-state index contributed by atoms with van der Waals surface area (Å²) in [6.45, 7) is 0. The number of nitrogens with one attached hydrogen (secondary N) is 1. The van der Waals surface area contributed by atoms with Crippen LogP contribution in [0.3, 0.4) is 0 Å². The van der Waals surface area contributed by atoms with Crippen LogP contribution in [0, 0.1) is 0 Å². The number of benzene rings is 4. The van der Waals surface area contributed by atoms with Gasteiger partial charge in [-0.1, -0.05) is 30.3 Å². The maximum Gasteiger partial charge on any atom is 0.294 e. The molecule has 0 bridgehead atoms. The van der Waals surface area contributed by atoms with Crippen LogP contribution in [-0.4, -0.2) is 47.2 Å². The largest absolute Gasteiger partial charge is 0.507 e. The van der Waals surface area contributed by atoms with Gasteiger partial charge in [-0.15, -0.1) is 0 Å². The summed E-state index contributed by atoms with van der Waals surface area (Å²) in [5, 5.41) is 31.1. The van der Waals surface area contributed by atoms with Crippen molar-refractivity contribution in [3.05, 3.63) is 84.4 Å². The number of carbonyl (C=O) groups is 1. The van der Waals surface area contributed by atoms with E-state index in [1.165, 1.54) is 6.07 Å². The molecule has 0 unspecified atom stereocenters. The Bertz CT molecular complexity index is 1580. The molecule has 188 valence electrons. The number of rotatable bonds is 4. The molecule has 11 nitrogen and oxygen atoms in total. The van der Waals surface area contributed by atoms with Crippen molar-refractivity contribution in [3.8, 4) is 17.2 Å². The molecule has 0 heterocycles. The highest BCUT2D eigenvalue weighted by Gasteiger charge is 2.19. The van der Waals surface area contributed by atoms with E-state index < -0.39 is 41.5 Å². The number of anilines is 1. The highest BCUT2D eigenvalue weighted by molar-refractivity contribution is 7.86. The van der Waals surface area contributed by atoms with Crippen molar-refractivity contribution in [1.29, 1.82) is 0 Å². The van der Waals surface area contributed by atoms with Crippen molar-refractivity contribution < 1.29 is 46.1 Å². The van der Waals surface area contributed by atoms with Gasteiger partial charge in [0.25, 0.3) is 26.1 Å². The average Bonchev–Trinajstić information content (AvgIpc) is 2.78. The quantitative estimate of drug-likeness (QED) is 0.211. The number of para-hydroxylation sites is 2. The summed E-state index contributed by atoms with van der Waals surface area (Å²) in [6.07, 6.45) is 0. The van der Waals surface area contributed by atoms with Crippen LogP contribution in [0.2, 0.25) is 0 Å². The minimum absolute atomic E-state index is 0.0177. The highest BCUT2D eigenvalue weighted by Crippen LogP contribution is 2.37. The lowest BCUT2D eigenvalue weighted by Gasteiger charge is -2.08. The van der Waals surface area contributed by atoms with Crippen LogP contribution < -0.4 is 5.32 Å². The van der Waals surface area contributed by atoms with E-state index in [4.69, 9.17) is 9.11 Å². The minimum atomic E-state index is -4.63. The van der Waals surface area contributed by atoms with E-state index in [1.807, 2.05) is 18.2 Å². The number of amides is 1. The predicted molar refractivity (Wildman–Crippen MR) is 129 cm³/mol. The molecule has 4 aromatic carbocycles. The van der Waals surface area contributed by atoms with Gasteiger partial charge < -0.3 is 20.6 Å². The smallest absolute Gasteiger partial charge is 0.294 e. The zero-order chi connectivity index (χ0) is 26.7. The number of hydrogen-bond donors (Lipinski definition) is 6. The van der Waals surface area contributed by atoms with E-state index in [0.717, 1.165) is 12.1 Å². The second-order valence-corrected chi connectivity index (χ2v) is 10.1. The zero-order valence-electron chi connectivity index (χ0n) is 18.1. The number of phenols is 3. The standard InChI is InChI=1S/C13H11NO2.C10H8O8S2/c15-12-9-5-4-8-11(12)13(16)14-10-6-2-1-3-7-10;11-8-3-6(19(13,14)15)1-5-2-7(20(16,17)18)4-9(12)10(5)8/h1-9,15H,(H,14,16);1-4,11-12H,(H,13,14,15)(H,16,17,18). The number of aromatic hydroxyl groups is 3. The lowest BCUT2D eigenvalue weighted by molar-refractivity contribution is 0.102. The molecule has 13 heteroatoms. The average molecular weight is 534 g/mol. The first-order chi connectivity index (χ1) is 16.8. The van der Waals surface area contributed by atoms with Crippen molar-refractivity contribution in [2.75, 3.05) is 5.32 Å². The number of carbonyl (C=O) groups excluding carboxylic acids is 1. The van der Waals surface area contributed by atoms with Gasteiger partial charge in [0.1, 0.15) is 17.2 Å². The maximum absolute atomic E-state index is 11.8. The lowest BCUT2D eigenvalue weighted by atomic mass is 10.1. The van der Waals surface area contributed by atoms with Gasteiger partial charge in [0.2, 0.25) is 0 Å². The molecule has 0 radical (unpaired) electrons. The first-order valence-corrected chi connectivity index (χ1v) is 12.7. The Kier molecular flexibility index (Phi) is 7.50. The fourth-order valence-electron chi connectivity index (χ4n) is 3.10. The fourth-order valence-corrected chi connectivity index (χ4v) is 4.17. The molecule has 4 rings (SSSR count). The van der Waals surface area contributed by atoms with Gasteiger partial charge in [0, 0.05) is 17.8 Å². The van der Waals surface area contributed by atoms with Gasteiger partial charge in [-0.05, 0) is 41.8 Å². The molecule has 0 aliphatic carbocycles. The summed E-state index contributed by atoms with van der Waals surface area (Å²) < 4.78 is 61.8. The summed E-state index contributed by atoms with van der Waals surface area (Å²) in [4.78, 5) is 10.4. The highest BCUT2D eigenvalue weighted by atomic mass is 32.2. The molecule has 0 spiro atoms. The third kappa shape index (κ3) is 6.28. The van der Waals surface area contributed by atoms with Gasteiger partial charge in [0.15, 0.2) is 0 Å².